The van der Waals surface area contributed by atoms with E-state index in [1.807, 2.05) is 0 Å². The van der Waals surface area contributed by atoms with Gasteiger partial charge in [0.1, 0.15) is 5.75 Å². The normalized spacial score (nSPS) is 15.1. The van der Waals surface area contributed by atoms with Gasteiger partial charge < -0.3 is 15.2 Å². The van der Waals surface area contributed by atoms with Gasteiger partial charge in [-0.1, -0.05) is 23.2 Å². The lowest BCUT2D eigenvalue weighted by Crippen LogP contribution is -2.06. The lowest BCUT2D eigenvalue weighted by atomic mass is 10.3. The third-order valence-corrected chi connectivity index (χ3v) is 3.12. The van der Waals surface area contributed by atoms with Crippen molar-refractivity contribution in [2.45, 2.75) is 12.8 Å². The summed E-state index contributed by atoms with van der Waals surface area (Å²) in [6.07, 6.45) is 2.52. The Morgan fingerprint density at radius 2 is 1.94 bits per heavy atom. The van der Waals surface area contributed by atoms with Gasteiger partial charge >= 0.3 is 0 Å². The third-order valence-electron chi connectivity index (χ3n) is 2.40. The van der Waals surface area contributed by atoms with Crippen LogP contribution in [0.25, 0.3) is 0 Å². The molecule has 1 saturated carbocycles. The number of benzene rings is 1. The van der Waals surface area contributed by atoms with Crippen LogP contribution in [0.15, 0.2) is 12.1 Å². The summed E-state index contributed by atoms with van der Waals surface area (Å²) in [6.45, 7) is 0.944. The molecular formula is C11H13Cl2NO2. The summed E-state index contributed by atoms with van der Waals surface area (Å²) < 4.78 is 10.7. The molecule has 0 amide bonds. The van der Waals surface area contributed by atoms with Crippen LogP contribution in [-0.4, -0.2) is 13.4 Å². The summed E-state index contributed by atoms with van der Waals surface area (Å²) in [5.74, 6) is 1.22. The minimum Gasteiger partial charge on any atom is -0.465 e. The van der Waals surface area contributed by atoms with Crippen molar-refractivity contribution < 1.29 is 9.47 Å². The van der Waals surface area contributed by atoms with Crippen LogP contribution in [0.4, 0.5) is 5.69 Å². The molecule has 3 nitrogen and oxygen atoms in total. The second kappa shape index (κ2) is 5.13. The fraction of sp³-hybridized carbons (Fsp3) is 0.455. The highest BCUT2D eigenvalue weighted by Crippen LogP contribution is 2.32. The third kappa shape index (κ3) is 3.17. The zero-order chi connectivity index (χ0) is 11.5. The highest BCUT2D eigenvalue weighted by Gasteiger charge is 2.21. The average molecular weight is 262 g/mol. The van der Waals surface area contributed by atoms with Gasteiger partial charge in [0, 0.05) is 6.07 Å². The highest BCUT2D eigenvalue weighted by atomic mass is 35.5. The molecule has 1 aromatic carbocycles. The molecule has 16 heavy (non-hydrogen) atoms. The van der Waals surface area contributed by atoms with Gasteiger partial charge in [-0.25, -0.2) is 0 Å². The van der Waals surface area contributed by atoms with Gasteiger partial charge in [0.2, 0.25) is 0 Å². The maximum absolute atomic E-state index is 5.85. The van der Waals surface area contributed by atoms with Gasteiger partial charge in [0.05, 0.1) is 22.3 Å². The van der Waals surface area contributed by atoms with E-state index in [2.05, 4.69) is 0 Å². The molecule has 1 aromatic rings. The van der Waals surface area contributed by atoms with E-state index in [0.29, 0.717) is 21.5 Å². The van der Waals surface area contributed by atoms with E-state index in [-0.39, 0.29) is 6.79 Å². The fourth-order valence-corrected chi connectivity index (χ4v) is 1.60. The lowest BCUT2D eigenvalue weighted by Gasteiger charge is -2.10. The van der Waals surface area contributed by atoms with Gasteiger partial charge in [-0.05, 0) is 24.8 Å². The van der Waals surface area contributed by atoms with Crippen LogP contribution in [0.3, 0.4) is 0 Å². The first-order valence-electron chi connectivity index (χ1n) is 5.12. The van der Waals surface area contributed by atoms with Crippen molar-refractivity contribution in [3.63, 3.8) is 0 Å². The van der Waals surface area contributed by atoms with E-state index in [4.69, 9.17) is 38.4 Å². The van der Waals surface area contributed by atoms with Crippen molar-refractivity contribution in [1.29, 1.82) is 0 Å². The summed E-state index contributed by atoms with van der Waals surface area (Å²) in [7, 11) is 0. The minimum absolute atomic E-state index is 0.193. The minimum atomic E-state index is 0.193. The molecule has 0 spiro atoms. The molecule has 1 aliphatic rings. The van der Waals surface area contributed by atoms with Crippen LogP contribution in [0.2, 0.25) is 10.0 Å². The summed E-state index contributed by atoms with van der Waals surface area (Å²) in [5, 5.41) is 0.846. The molecule has 0 radical (unpaired) electrons. The predicted octanol–water partition coefficient (Wildman–Crippen LogP) is 3.34. The molecule has 0 aromatic heterocycles. The molecule has 0 saturated heterocycles. The Bertz CT molecular complexity index is 380. The zero-order valence-electron chi connectivity index (χ0n) is 8.71. The number of nitrogens with two attached hydrogens (primary N) is 1. The van der Waals surface area contributed by atoms with Crippen LogP contribution < -0.4 is 10.5 Å². The Hall–Kier alpha value is -0.640. The van der Waals surface area contributed by atoms with Crippen molar-refractivity contribution in [1.82, 2.24) is 0 Å². The number of rotatable bonds is 5. The largest absolute Gasteiger partial charge is 0.465 e. The first-order valence-corrected chi connectivity index (χ1v) is 5.87. The molecule has 2 rings (SSSR count). The van der Waals surface area contributed by atoms with Crippen molar-refractivity contribution >= 4 is 28.9 Å². The van der Waals surface area contributed by atoms with E-state index < -0.39 is 0 Å². The number of hydrogen-bond donors (Lipinski definition) is 1. The maximum atomic E-state index is 5.85. The average Bonchev–Trinajstić information content (AvgIpc) is 3.04. The van der Waals surface area contributed by atoms with Gasteiger partial charge in [-0.15, -0.1) is 0 Å². The predicted molar refractivity (Wildman–Crippen MR) is 65.0 cm³/mol. The molecule has 0 unspecified atom stereocenters. The number of ether oxygens (including phenoxy) is 2. The molecule has 1 aliphatic carbocycles. The summed E-state index contributed by atoms with van der Waals surface area (Å²) in [6, 6.07) is 3.17. The Kier molecular flexibility index (Phi) is 3.79. The Morgan fingerprint density at radius 1 is 1.25 bits per heavy atom. The van der Waals surface area contributed by atoms with Crippen LogP contribution in [0, 0.1) is 5.92 Å². The summed E-state index contributed by atoms with van der Waals surface area (Å²) >= 11 is 11.6. The van der Waals surface area contributed by atoms with Crippen LogP contribution in [-0.2, 0) is 4.74 Å². The fourth-order valence-electron chi connectivity index (χ4n) is 1.27. The van der Waals surface area contributed by atoms with E-state index in [1.54, 1.807) is 12.1 Å². The number of hydrogen-bond acceptors (Lipinski definition) is 3. The van der Waals surface area contributed by atoms with E-state index >= 15 is 0 Å². The molecule has 88 valence electrons. The molecule has 2 N–H and O–H groups in total. The number of nitrogen functional groups attached to an aromatic ring is 1. The standard InChI is InChI=1S/C11H13Cl2NO2/c12-8-3-10(14)11(4-9(8)13)16-6-15-5-7-1-2-7/h3-4,7H,1-2,5-6,14H2. The Balaban J connectivity index is 1.85. The maximum Gasteiger partial charge on any atom is 0.189 e. The number of halogens is 2. The zero-order valence-corrected chi connectivity index (χ0v) is 10.2. The van der Waals surface area contributed by atoms with Crippen molar-refractivity contribution in [3.05, 3.63) is 22.2 Å². The Morgan fingerprint density at radius 3 is 2.62 bits per heavy atom. The van der Waals surface area contributed by atoms with E-state index in [1.165, 1.54) is 12.8 Å². The quantitative estimate of drug-likeness (QED) is 0.503. The summed E-state index contributed by atoms with van der Waals surface area (Å²) in [5.41, 5.74) is 6.18. The lowest BCUT2D eigenvalue weighted by molar-refractivity contribution is 0.0104. The smallest absolute Gasteiger partial charge is 0.189 e. The van der Waals surface area contributed by atoms with Gasteiger partial charge in [-0.3, -0.25) is 0 Å². The highest BCUT2D eigenvalue weighted by molar-refractivity contribution is 6.42. The molecule has 5 heteroatoms. The summed E-state index contributed by atoms with van der Waals surface area (Å²) in [4.78, 5) is 0. The topological polar surface area (TPSA) is 44.5 Å². The van der Waals surface area contributed by atoms with Gasteiger partial charge in [0.15, 0.2) is 6.79 Å². The number of anilines is 1. The van der Waals surface area contributed by atoms with Gasteiger partial charge in [-0.2, -0.15) is 0 Å². The molecule has 0 aliphatic heterocycles. The van der Waals surface area contributed by atoms with Crippen molar-refractivity contribution in [3.8, 4) is 5.75 Å². The molecule has 0 bridgehead atoms. The molecule has 1 fully saturated rings. The first kappa shape index (κ1) is 11.8. The van der Waals surface area contributed by atoms with E-state index in [9.17, 15) is 0 Å². The van der Waals surface area contributed by atoms with E-state index in [0.717, 1.165) is 12.5 Å². The van der Waals surface area contributed by atoms with Crippen molar-refractivity contribution in [2.24, 2.45) is 5.92 Å². The van der Waals surface area contributed by atoms with Crippen molar-refractivity contribution in [2.75, 3.05) is 19.1 Å². The molecule has 0 atom stereocenters. The first-order chi connectivity index (χ1) is 7.66. The second-order valence-electron chi connectivity index (χ2n) is 3.88. The van der Waals surface area contributed by atoms with Crippen LogP contribution in [0.1, 0.15) is 12.8 Å². The van der Waals surface area contributed by atoms with Gasteiger partial charge in [0.25, 0.3) is 0 Å². The second-order valence-corrected chi connectivity index (χ2v) is 4.69. The van der Waals surface area contributed by atoms with Crippen LogP contribution in [0.5, 0.6) is 5.75 Å². The monoisotopic (exact) mass is 261 g/mol. The Labute approximate surface area is 104 Å². The van der Waals surface area contributed by atoms with Crippen LogP contribution >= 0.6 is 23.2 Å². The molecular weight excluding hydrogens is 249 g/mol. The molecule has 0 heterocycles. The SMILES string of the molecule is Nc1cc(Cl)c(Cl)cc1OCOCC1CC1.